The fourth-order valence-corrected chi connectivity index (χ4v) is 3.85. The monoisotopic (exact) mass is 400 g/mol. The van der Waals surface area contributed by atoms with E-state index in [0.29, 0.717) is 25.1 Å². The number of nitrogens with two attached hydrogens (primary N) is 1. The van der Waals surface area contributed by atoms with Crippen LogP contribution in [-0.4, -0.2) is 55.3 Å². The number of aryl methyl sites for hydroxylation is 1. The van der Waals surface area contributed by atoms with Crippen molar-refractivity contribution in [1.29, 1.82) is 0 Å². The summed E-state index contributed by atoms with van der Waals surface area (Å²) in [5.74, 6) is 1.45. The highest BCUT2D eigenvalue weighted by Gasteiger charge is 2.26. The first-order valence-electron chi connectivity index (χ1n) is 9.42. The van der Waals surface area contributed by atoms with Crippen LogP contribution in [0, 0.1) is 0 Å². The number of carbonyl (C=O) groups excluding carboxylic acids is 1. The van der Waals surface area contributed by atoms with Gasteiger partial charge in [-0.2, -0.15) is 0 Å². The van der Waals surface area contributed by atoms with Crippen LogP contribution in [0.15, 0.2) is 23.1 Å². The van der Waals surface area contributed by atoms with Gasteiger partial charge < -0.3 is 29.6 Å². The third-order valence-corrected chi connectivity index (χ3v) is 5.28. The second kappa shape index (κ2) is 8.16. The number of amides is 2. The first-order valence-corrected chi connectivity index (χ1v) is 9.42. The number of carbonyl (C=O) groups is 1. The molecule has 156 valence electrons. The number of pyridine rings is 1. The van der Waals surface area contributed by atoms with Crippen molar-refractivity contribution in [3.8, 4) is 22.6 Å². The summed E-state index contributed by atoms with van der Waals surface area (Å²) in [5.41, 5.74) is 9.66. The van der Waals surface area contributed by atoms with E-state index in [1.165, 1.54) is 4.90 Å². The summed E-state index contributed by atoms with van der Waals surface area (Å²) in [4.78, 5) is 27.9. The smallest absolute Gasteiger partial charge is 0.315 e. The zero-order chi connectivity index (χ0) is 21.3. The molecule has 2 heterocycles. The Morgan fingerprint density at radius 2 is 1.79 bits per heavy atom. The van der Waals surface area contributed by atoms with Gasteiger partial charge >= 0.3 is 6.03 Å². The van der Waals surface area contributed by atoms with Crippen molar-refractivity contribution >= 4 is 6.03 Å². The molecule has 1 aliphatic rings. The van der Waals surface area contributed by atoms with E-state index >= 15 is 0 Å². The van der Waals surface area contributed by atoms with E-state index in [4.69, 9.17) is 15.2 Å². The highest BCUT2D eigenvalue weighted by Crippen LogP contribution is 2.38. The number of aromatic nitrogens is 1. The van der Waals surface area contributed by atoms with Gasteiger partial charge in [0.25, 0.3) is 5.56 Å². The molecule has 1 aromatic heterocycles. The number of ether oxygens (including phenoxy) is 2. The van der Waals surface area contributed by atoms with E-state index in [2.05, 4.69) is 0 Å². The molecule has 0 radical (unpaired) electrons. The van der Waals surface area contributed by atoms with Gasteiger partial charge in [-0.3, -0.25) is 4.79 Å². The first-order chi connectivity index (χ1) is 13.8. The number of benzene rings is 1. The lowest BCUT2D eigenvalue weighted by atomic mass is 9.91. The Kier molecular flexibility index (Phi) is 5.83. The molecule has 1 aromatic carbocycles. The lowest BCUT2D eigenvalue weighted by molar-refractivity contribution is 0.202. The molecule has 2 N–H and O–H groups in total. The van der Waals surface area contributed by atoms with Gasteiger partial charge in [-0.1, -0.05) is 0 Å². The second-order valence-corrected chi connectivity index (χ2v) is 7.52. The molecule has 8 heteroatoms. The van der Waals surface area contributed by atoms with Crippen molar-refractivity contribution in [3.63, 3.8) is 0 Å². The SMILES string of the molecule is COc1cc(-c2cn(C)c(=O)c3c2CCN(C(N)=O)C3)cc(OC)c1CN(C)C. The minimum Gasteiger partial charge on any atom is -0.496 e. The van der Waals surface area contributed by atoms with Gasteiger partial charge in [0.05, 0.1) is 26.3 Å². The first kappa shape index (κ1) is 20.7. The van der Waals surface area contributed by atoms with Crippen molar-refractivity contribution in [2.75, 3.05) is 34.9 Å². The summed E-state index contributed by atoms with van der Waals surface area (Å²) in [6, 6.07) is 3.43. The van der Waals surface area contributed by atoms with E-state index in [1.54, 1.807) is 25.8 Å². The van der Waals surface area contributed by atoms with Crippen LogP contribution in [0.25, 0.3) is 11.1 Å². The number of urea groups is 1. The molecule has 0 fully saturated rings. The van der Waals surface area contributed by atoms with Crippen molar-refractivity contribution in [3.05, 3.63) is 45.4 Å². The fraction of sp³-hybridized carbons (Fsp3) is 0.429. The Bertz CT molecular complexity index is 972. The molecule has 0 aliphatic carbocycles. The normalized spacial score (nSPS) is 13.4. The van der Waals surface area contributed by atoms with Gasteiger partial charge in [-0.15, -0.1) is 0 Å². The Hall–Kier alpha value is -3.00. The van der Waals surface area contributed by atoms with E-state index in [-0.39, 0.29) is 12.1 Å². The summed E-state index contributed by atoms with van der Waals surface area (Å²) in [6.45, 7) is 1.37. The highest BCUT2D eigenvalue weighted by atomic mass is 16.5. The molecule has 1 aliphatic heterocycles. The maximum Gasteiger partial charge on any atom is 0.315 e. The molecule has 0 unspecified atom stereocenters. The highest BCUT2D eigenvalue weighted by molar-refractivity contribution is 5.75. The predicted octanol–water partition coefficient (Wildman–Crippen LogP) is 1.57. The van der Waals surface area contributed by atoms with Crippen molar-refractivity contribution in [2.45, 2.75) is 19.5 Å². The molecule has 0 atom stereocenters. The lowest BCUT2D eigenvalue weighted by Gasteiger charge is -2.29. The Labute approximate surface area is 170 Å². The Morgan fingerprint density at radius 3 is 2.31 bits per heavy atom. The number of rotatable bonds is 5. The largest absolute Gasteiger partial charge is 0.496 e. The van der Waals surface area contributed by atoms with Crippen LogP contribution in [0.1, 0.15) is 16.7 Å². The van der Waals surface area contributed by atoms with Crippen LogP contribution in [0.5, 0.6) is 11.5 Å². The van der Waals surface area contributed by atoms with Crippen LogP contribution in [-0.2, 0) is 26.6 Å². The summed E-state index contributed by atoms with van der Waals surface area (Å²) >= 11 is 0. The fourth-order valence-electron chi connectivity index (χ4n) is 3.85. The molecule has 2 aromatic rings. The molecule has 2 amide bonds. The molecule has 0 spiro atoms. The topological polar surface area (TPSA) is 90.0 Å². The number of hydrogen-bond acceptors (Lipinski definition) is 5. The molecular weight excluding hydrogens is 372 g/mol. The zero-order valence-electron chi connectivity index (χ0n) is 17.6. The van der Waals surface area contributed by atoms with Gasteiger partial charge in [-0.25, -0.2) is 4.79 Å². The standard InChI is InChI=1S/C21H28N4O4/c1-23(2)10-17-18(28-4)8-13(9-19(17)29-5)15-11-24(3)20(26)16-12-25(21(22)27)7-6-14(15)16/h8-9,11H,6-7,10,12H2,1-5H3,(H2,22,27). The van der Waals surface area contributed by atoms with E-state index in [9.17, 15) is 9.59 Å². The zero-order valence-corrected chi connectivity index (χ0v) is 17.6. The maximum atomic E-state index is 12.7. The summed E-state index contributed by atoms with van der Waals surface area (Å²) in [6.07, 6.45) is 2.40. The van der Waals surface area contributed by atoms with Gasteiger partial charge in [0.2, 0.25) is 0 Å². The molecule has 0 saturated heterocycles. The summed E-state index contributed by atoms with van der Waals surface area (Å²) < 4.78 is 12.9. The second-order valence-electron chi connectivity index (χ2n) is 7.52. The Morgan fingerprint density at radius 1 is 1.17 bits per heavy atom. The molecule has 8 nitrogen and oxygen atoms in total. The van der Waals surface area contributed by atoms with Crippen molar-refractivity contribution in [1.82, 2.24) is 14.4 Å². The number of hydrogen-bond donors (Lipinski definition) is 1. The van der Waals surface area contributed by atoms with Crippen molar-refractivity contribution < 1.29 is 14.3 Å². The predicted molar refractivity (Wildman–Crippen MR) is 111 cm³/mol. The third kappa shape index (κ3) is 3.93. The van der Waals surface area contributed by atoms with Crippen LogP contribution < -0.4 is 20.8 Å². The van der Waals surface area contributed by atoms with E-state index in [0.717, 1.165) is 33.8 Å². The summed E-state index contributed by atoms with van der Waals surface area (Å²) in [5, 5.41) is 0. The third-order valence-electron chi connectivity index (χ3n) is 5.28. The van der Waals surface area contributed by atoms with Crippen molar-refractivity contribution in [2.24, 2.45) is 12.8 Å². The maximum absolute atomic E-state index is 12.7. The minimum atomic E-state index is -0.514. The average Bonchev–Trinajstić information content (AvgIpc) is 2.70. The quantitative estimate of drug-likeness (QED) is 0.823. The number of methoxy groups -OCH3 is 2. The number of fused-ring (bicyclic) bond motifs is 1. The van der Waals surface area contributed by atoms with Gasteiger partial charge in [-0.05, 0) is 43.8 Å². The van der Waals surface area contributed by atoms with E-state index in [1.807, 2.05) is 37.3 Å². The van der Waals surface area contributed by atoms with E-state index < -0.39 is 6.03 Å². The van der Waals surface area contributed by atoms with Crippen LogP contribution >= 0.6 is 0 Å². The molecule has 29 heavy (non-hydrogen) atoms. The lowest BCUT2D eigenvalue weighted by Crippen LogP contribution is -2.42. The molecular formula is C21H28N4O4. The minimum absolute atomic E-state index is 0.113. The van der Waals surface area contributed by atoms with Gasteiger partial charge in [0.1, 0.15) is 11.5 Å². The van der Waals surface area contributed by atoms with Crippen LogP contribution in [0.3, 0.4) is 0 Å². The number of nitrogens with zero attached hydrogens (tertiary/aromatic N) is 3. The summed E-state index contributed by atoms with van der Waals surface area (Å²) in [7, 11) is 8.96. The van der Waals surface area contributed by atoms with Gasteiger partial charge in [0.15, 0.2) is 0 Å². The Balaban J connectivity index is 2.19. The van der Waals surface area contributed by atoms with Gasteiger partial charge in [0, 0.05) is 37.5 Å². The van der Waals surface area contributed by atoms with Crippen LogP contribution in [0.4, 0.5) is 4.79 Å². The average molecular weight is 400 g/mol. The molecule has 3 rings (SSSR count). The number of primary amides is 1. The molecule has 0 saturated carbocycles. The molecule has 0 bridgehead atoms. The van der Waals surface area contributed by atoms with Crippen LogP contribution in [0.2, 0.25) is 0 Å².